The maximum atomic E-state index is 12.6. The molecular formula is C16H19F3N2O3S. The highest BCUT2D eigenvalue weighted by Gasteiger charge is 2.29. The number of rotatable bonds is 4. The van der Waals surface area contributed by atoms with Crippen LogP contribution in [0.25, 0.3) is 10.9 Å². The summed E-state index contributed by atoms with van der Waals surface area (Å²) in [5.41, 5.74) is 0.461. The first-order valence-corrected chi connectivity index (χ1v) is 9.75. The lowest BCUT2D eigenvalue weighted by Crippen LogP contribution is -2.41. The van der Waals surface area contributed by atoms with Crippen molar-refractivity contribution in [1.29, 1.82) is 0 Å². The van der Waals surface area contributed by atoms with Crippen LogP contribution in [-0.2, 0) is 16.6 Å². The average Bonchev–Trinajstić information content (AvgIpc) is 2.89. The Bertz CT molecular complexity index is 853. The predicted molar refractivity (Wildman–Crippen MR) is 88.1 cm³/mol. The van der Waals surface area contributed by atoms with Crippen molar-refractivity contribution in [2.45, 2.75) is 31.7 Å². The van der Waals surface area contributed by atoms with Gasteiger partial charge < -0.3 is 9.30 Å². The molecule has 1 aliphatic heterocycles. The van der Waals surface area contributed by atoms with Crippen LogP contribution in [0.2, 0.25) is 0 Å². The Kier molecular flexibility index (Phi) is 4.72. The van der Waals surface area contributed by atoms with Gasteiger partial charge >= 0.3 is 6.18 Å². The van der Waals surface area contributed by atoms with Crippen molar-refractivity contribution in [1.82, 2.24) is 8.87 Å². The molecule has 1 aromatic carbocycles. The van der Waals surface area contributed by atoms with Gasteiger partial charge in [0.15, 0.2) is 0 Å². The third-order valence-electron chi connectivity index (χ3n) is 4.29. The van der Waals surface area contributed by atoms with Gasteiger partial charge in [-0.1, -0.05) is 6.07 Å². The molecule has 0 atom stereocenters. The van der Waals surface area contributed by atoms with Crippen LogP contribution in [0.3, 0.4) is 0 Å². The molecule has 0 N–H and O–H groups in total. The van der Waals surface area contributed by atoms with Crippen molar-refractivity contribution < 1.29 is 26.3 Å². The van der Waals surface area contributed by atoms with E-state index in [9.17, 15) is 21.6 Å². The minimum atomic E-state index is -4.29. The van der Waals surface area contributed by atoms with E-state index in [1.807, 2.05) is 0 Å². The van der Waals surface area contributed by atoms with Gasteiger partial charge in [0.1, 0.15) is 18.4 Å². The van der Waals surface area contributed by atoms with Crippen molar-refractivity contribution in [2.24, 2.45) is 0 Å². The summed E-state index contributed by atoms with van der Waals surface area (Å²) in [5.74, 6) is 0.524. The van der Waals surface area contributed by atoms with E-state index >= 15 is 0 Å². The fourth-order valence-corrected chi connectivity index (χ4v) is 3.96. The first-order chi connectivity index (χ1) is 11.6. The van der Waals surface area contributed by atoms with Gasteiger partial charge in [-0.3, -0.25) is 0 Å². The monoisotopic (exact) mass is 376 g/mol. The third-order valence-corrected chi connectivity index (χ3v) is 5.59. The number of benzene rings is 1. The van der Waals surface area contributed by atoms with E-state index in [1.54, 1.807) is 24.3 Å². The van der Waals surface area contributed by atoms with E-state index in [0.717, 1.165) is 4.57 Å². The second-order valence-electron chi connectivity index (χ2n) is 6.23. The molecule has 1 aliphatic rings. The summed E-state index contributed by atoms with van der Waals surface area (Å²) in [4.78, 5) is 0. The van der Waals surface area contributed by atoms with Crippen molar-refractivity contribution in [2.75, 3.05) is 19.3 Å². The Balaban J connectivity index is 1.75. The molecule has 2 aromatic rings. The molecule has 25 heavy (non-hydrogen) atoms. The molecule has 9 heteroatoms. The number of piperidine rings is 1. The Morgan fingerprint density at radius 3 is 2.48 bits per heavy atom. The Morgan fingerprint density at radius 2 is 1.88 bits per heavy atom. The Labute approximate surface area is 144 Å². The molecule has 0 bridgehead atoms. The van der Waals surface area contributed by atoms with Gasteiger partial charge in [-0.2, -0.15) is 13.2 Å². The second kappa shape index (κ2) is 6.53. The van der Waals surface area contributed by atoms with E-state index in [4.69, 9.17) is 4.74 Å². The van der Waals surface area contributed by atoms with Crippen LogP contribution < -0.4 is 4.74 Å². The van der Waals surface area contributed by atoms with Gasteiger partial charge in [-0.15, -0.1) is 0 Å². The summed E-state index contributed by atoms with van der Waals surface area (Å²) >= 11 is 0. The molecular weight excluding hydrogens is 357 g/mol. The number of nitrogens with zero attached hydrogens (tertiary/aromatic N) is 2. The molecule has 0 radical (unpaired) electrons. The Morgan fingerprint density at radius 1 is 1.20 bits per heavy atom. The summed E-state index contributed by atoms with van der Waals surface area (Å²) in [6.07, 6.45) is -0.773. The van der Waals surface area contributed by atoms with E-state index in [0.29, 0.717) is 42.6 Å². The highest BCUT2D eigenvalue weighted by atomic mass is 32.2. The summed E-state index contributed by atoms with van der Waals surface area (Å²) < 4.78 is 69.5. The van der Waals surface area contributed by atoms with E-state index in [2.05, 4.69) is 0 Å². The van der Waals surface area contributed by atoms with Crippen LogP contribution in [0, 0.1) is 0 Å². The molecule has 3 rings (SSSR count). The SMILES string of the molecule is CS(=O)(=O)N1CCC(Oc2cccc3c2ccn3CC(F)(F)F)CC1. The van der Waals surface area contributed by atoms with E-state index in [1.165, 1.54) is 16.8 Å². The van der Waals surface area contributed by atoms with Crippen molar-refractivity contribution in [3.05, 3.63) is 30.5 Å². The van der Waals surface area contributed by atoms with Crippen LogP contribution in [0.5, 0.6) is 5.75 Å². The lowest BCUT2D eigenvalue weighted by Gasteiger charge is -2.30. The lowest BCUT2D eigenvalue weighted by atomic mass is 10.1. The number of aromatic nitrogens is 1. The summed E-state index contributed by atoms with van der Waals surface area (Å²) in [6, 6.07) is 6.63. The molecule has 0 amide bonds. The number of halogens is 3. The van der Waals surface area contributed by atoms with Crippen LogP contribution in [-0.4, -0.2) is 48.9 Å². The summed E-state index contributed by atoms with van der Waals surface area (Å²) in [5, 5.41) is 0.622. The minimum Gasteiger partial charge on any atom is -0.490 e. The van der Waals surface area contributed by atoms with Crippen LogP contribution >= 0.6 is 0 Å². The molecule has 0 saturated carbocycles. The number of ether oxygens (including phenoxy) is 1. The highest BCUT2D eigenvalue weighted by Crippen LogP contribution is 2.31. The largest absolute Gasteiger partial charge is 0.490 e. The molecule has 0 aliphatic carbocycles. The topological polar surface area (TPSA) is 51.5 Å². The zero-order valence-corrected chi connectivity index (χ0v) is 14.5. The number of alkyl halides is 3. The number of hydrogen-bond acceptors (Lipinski definition) is 3. The molecule has 1 saturated heterocycles. The number of fused-ring (bicyclic) bond motifs is 1. The number of sulfonamides is 1. The van der Waals surface area contributed by atoms with Crippen molar-refractivity contribution in [3.63, 3.8) is 0 Å². The van der Waals surface area contributed by atoms with Gasteiger partial charge in [0.25, 0.3) is 0 Å². The molecule has 0 spiro atoms. The highest BCUT2D eigenvalue weighted by molar-refractivity contribution is 7.88. The fourth-order valence-electron chi connectivity index (χ4n) is 3.09. The van der Waals surface area contributed by atoms with Crippen LogP contribution in [0.4, 0.5) is 13.2 Å². The molecule has 0 unspecified atom stereocenters. The molecule has 2 heterocycles. The van der Waals surface area contributed by atoms with E-state index < -0.39 is 22.7 Å². The van der Waals surface area contributed by atoms with Gasteiger partial charge in [-0.05, 0) is 31.0 Å². The first-order valence-electron chi connectivity index (χ1n) is 7.90. The number of hydrogen-bond donors (Lipinski definition) is 0. The van der Waals surface area contributed by atoms with Crippen molar-refractivity contribution >= 4 is 20.9 Å². The normalized spacial score (nSPS) is 17.9. The van der Waals surface area contributed by atoms with Gasteiger partial charge in [0.2, 0.25) is 10.0 Å². The first kappa shape index (κ1) is 18.1. The maximum Gasteiger partial charge on any atom is 0.406 e. The average molecular weight is 376 g/mol. The quantitative estimate of drug-likeness (QED) is 0.824. The molecule has 1 aromatic heterocycles. The zero-order chi connectivity index (χ0) is 18.2. The summed E-state index contributed by atoms with van der Waals surface area (Å²) in [7, 11) is -3.20. The smallest absolute Gasteiger partial charge is 0.406 e. The second-order valence-corrected chi connectivity index (χ2v) is 8.21. The Hall–Kier alpha value is -1.74. The van der Waals surface area contributed by atoms with Crippen molar-refractivity contribution in [3.8, 4) is 5.75 Å². The predicted octanol–water partition coefficient (Wildman–Crippen LogP) is 3.01. The minimum absolute atomic E-state index is 0.158. The fraction of sp³-hybridized carbons (Fsp3) is 0.500. The summed E-state index contributed by atoms with van der Waals surface area (Å²) in [6.45, 7) is -0.282. The molecule has 5 nitrogen and oxygen atoms in total. The maximum absolute atomic E-state index is 12.6. The zero-order valence-electron chi connectivity index (χ0n) is 13.7. The van der Waals surface area contributed by atoms with Gasteiger partial charge in [0, 0.05) is 24.7 Å². The standard InChI is InChI=1S/C16H19F3N2O3S/c1-25(22,23)21-9-5-12(6-10-21)24-15-4-2-3-14-13(15)7-8-20(14)11-16(17,18)19/h2-4,7-8,12H,5-6,9-11H2,1H3. The van der Waals surface area contributed by atoms with Crippen LogP contribution in [0.15, 0.2) is 30.5 Å². The van der Waals surface area contributed by atoms with Crippen LogP contribution in [0.1, 0.15) is 12.8 Å². The van der Waals surface area contributed by atoms with Gasteiger partial charge in [-0.25, -0.2) is 12.7 Å². The molecule has 138 valence electrons. The third kappa shape index (κ3) is 4.27. The van der Waals surface area contributed by atoms with E-state index in [-0.39, 0.29) is 6.10 Å². The van der Waals surface area contributed by atoms with Gasteiger partial charge in [0.05, 0.1) is 11.8 Å². The lowest BCUT2D eigenvalue weighted by molar-refractivity contribution is -0.139. The molecule has 1 fully saturated rings.